The minimum atomic E-state index is -1.30. The van der Waals surface area contributed by atoms with Crippen molar-refractivity contribution in [1.29, 1.82) is 5.26 Å². The van der Waals surface area contributed by atoms with Crippen LogP contribution in [0, 0.1) is 11.3 Å². The molecule has 0 saturated carbocycles. The van der Waals surface area contributed by atoms with Gasteiger partial charge < -0.3 is 10.0 Å². The standard InChI is InChI=1S/C21H27FN2O/c1-5-7-20(22)13-8-17(2)21(25,14-6-15-24(3)4)19-11-9-18(16-23)10-12-19/h7-13,25H,2,5-6,14-15H2,1,3-4H3/b13-8-,20-7+. The van der Waals surface area contributed by atoms with Gasteiger partial charge in [-0.1, -0.05) is 31.7 Å². The van der Waals surface area contributed by atoms with Crippen molar-refractivity contribution >= 4 is 0 Å². The molecule has 1 aromatic rings. The Balaban J connectivity index is 3.10. The second-order valence-electron chi connectivity index (χ2n) is 6.31. The summed E-state index contributed by atoms with van der Waals surface area (Å²) < 4.78 is 13.6. The van der Waals surface area contributed by atoms with Gasteiger partial charge in [-0.2, -0.15) is 5.26 Å². The van der Waals surface area contributed by atoms with Crippen molar-refractivity contribution in [2.45, 2.75) is 31.8 Å². The molecule has 0 spiro atoms. The number of benzene rings is 1. The average Bonchev–Trinajstić information content (AvgIpc) is 2.59. The van der Waals surface area contributed by atoms with Crippen LogP contribution in [0.5, 0.6) is 0 Å². The Morgan fingerprint density at radius 1 is 1.32 bits per heavy atom. The first kappa shape index (κ1) is 20.8. The highest BCUT2D eigenvalue weighted by Gasteiger charge is 2.31. The molecular weight excluding hydrogens is 315 g/mol. The summed E-state index contributed by atoms with van der Waals surface area (Å²) in [5, 5.41) is 20.2. The second kappa shape index (κ2) is 9.93. The zero-order chi connectivity index (χ0) is 18.9. The van der Waals surface area contributed by atoms with Gasteiger partial charge in [0.25, 0.3) is 0 Å². The fraction of sp³-hybridized carbons (Fsp3) is 0.381. The predicted octanol–water partition coefficient (Wildman–Crippen LogP) is 4.46. The van der Waals surface area contributed by atoms with Crippen LogP contribution in [0.15, 0.2) is 60.5 Å². The molecule has 1 unspecified atom stereocenters. The highest BCUT2D eigenvalue weighted by Crippen LogP contribution is 2.34. The predicted molar refractivity (Wildman–Crippen MR) is 101 cm³/mol. The van der Waals surface area contributed by atoms with Crippen molar-refractivity contribution < 1.29 is 9.50 Å². The van der Waals surface area contributed by atoms with Gasteiger partial charge in [0.1, 0.15) is 11.4 Å². The largest absolute Gasteiger partial charge is 0.380 e. The Bertz CT molecular complexity index is 668. The van der Waals surface area contributed by atoms with E-state index in [1.807, 2.05) is 25.9 Å². The van der Waals surface area contributed by atoms with Gasteiger partial charge >= 0.3 is 0 Å². The van der Waals surface area contributed by atoms with Crippen molar-refractivity contribution in [3.05, 3.63) is 71.6 Å². The number of halogens is 1. The van der Waals surface area contributed by atoms with E-state index >= 15 is 0 Å². The minimum absolute atomic E-state index is 0.348. The van der Waals surface area contributed by atoms with Crippen LogP contribution < -0.4 is 0 Å². The molecule has 1 N–H and O–H groups in total. The first-order valence-corrected chi connectivity index (χ1v) is 8.44. The van der Waals surface area contributed by atoms with Gasteiger partial charge in [0.15, 0.2) is 0 Å². The van der Waals surface area contributed by atoms with E-state index in [2.05, 4.69) is 12.6 Å². The van der Waals surface area contributed by atoms with Crippen LogP contribution in [-0.2, 0) is 5.60 Å². The van der Waals surface area contributed by atoms with Gasteiger partial charge in [0, 0.05) is 0 Å². The molecule has 0 bridgehead atoms. The van der Waals surface area contributed by atoms with Crippen LogP contribution >= 0.6 is 0 Å². The Morgan fingerprint density at radius 3 is 2.48 bits per heavy atom. The van der Waals surface area contributed by atoms with E-state index in [1.54, 1.807) is 24.3 Å². The maximum atomic E-state index is 13.6. The molecule has 1 atom stereocenters. The molecule has 0 aliphatic heterocycles. The molecule has 0 aliphatic carbocycles. The third kappa shape index (κ3) is 6.30. The number of nitriles is 1. The molecule has 0 aromatic heterocycles. The van der Waals surface area contributed by atoms with Crippen molar-refractivity contribution in [2.75, 3.05) is 20.6 Å². The first-order chi connectivity index (χ1) is 11.8. The summed E-state index contributed by atoms with van der Waals surface area (Å²) in [6, 6.07) is 8.86. The molecule has 0 radical (unpaired) electrons. The number of aliphatic hydroxyl groups is 1. The average molecular weight is 342 g/mol. The zero-order valence-corrected chi connectivity index (χ0v) is 15.3. The van der Waals surface area contributed by atoms with Crippen LogP contribution in [0.1, 0.15) is 37.3 Å². The van der Waals surface area contributed by atoms with E-state index in [1.165, 1.54) is 18.2 Å². The topological polar surface area (TPSA) is 47.3 Å². The van der Waals surface area contributed by atoms with Gasteiger partial charge in [-0.15, -0.1) is 0 Å². The molecule has 4 heteroatoms. The summed E-state index contributed by atoms with van der Waals surface area (Å²) in [6.45, 7) is 6.64. The van der Waals surface area contributed by atoms with Crippen LogP contribution in [0.3, 0.4) is 0 Å². The second-order valence-corrected chi connectivity index (χ2v) is 6.31. The molecule has 0 aliphatic rings. The highest BCUT2D eigenvalue weighted by molar-refractivity contribution is 5.41. The van der Waals surface area contributed by atoms with E-state index in [9.17, 15) is 9.50 Å². The monoisotopic (exact) mass is 342 g/mol. The Hall–Kier alpha value is -2.22. The van der Waals surface area contributed by atoms with Gasteiger partial charge in [-0.3, -0.25) is 0 Å². The quantitative estimate of drug-likeness (QED) is 0.674. The Kier molecular flexibility index (Phi) is 8.27. The van der Waals surface area contributed by atoms with E-state index in [-0.39, 0.29) is 5.83 Å². The smallest absolute Gasteiger partial charge is 0.119 e. The summed E-state index contributed by atoms with van der Waals surface area (Å²) in [7, 11) is 3.95. The first-order valence-electron chi connectivity index (χ1n) is 8.44. The van der Waals surface area contributed by atoms with Gasteiger partial charge in [-0.05, 0) is 75.3 Å². The van der Waals surface area contributed by atoms with Crippen molar-refractivity contribution in [3.63, 3.8) is 0 Å². The molecule has 0 fully saturated rings. The number of rotatable bonds is 9. The molecule has 3 nitrogen and oxygen atoms in total. The van der Waals surface area contributed by atoms with E-state index in [0.29, 0.717) is 29.5 Å². The molecule has 25 heavy (non-hydrogen) atoms. The molecule has 1 rings (SSSR count). The molecule has 0 amide bonds. The maximum Gasteiger partial charge on any atom is 0.119 e. The summed E-state index contributed by atoms with van der Waals surface area (Å²) in [5.74, 6) is -0.348. The molecule has 0 saturated heterocycles. The lowest BCUT2D eigenvalue weighted by molar-refractivity contribution is 0.0662. The van der Waals surface area contributed by atoms with E-state index < -0.39 is 5.60 Å². The normalized spacial score (nSPS) is 14.5. The fourth-order valence-corrected chi connectivity index (χ4v) is 2.54. The Morgan fingerprint density at radius 2 is 1.96 bits per heavy atom. The SMILES string of the molecule is C=C(/C=C\C(F)=C/CC)C(O)(CCCN(C)C)c1ccc(C#N)cc1. The van der Waals surface area contributed by atoms with Crippen molar-refractivity contribution in [1.82, 2.24) is 4.90 Å². The number of nitrogens with zero attached hydrogens (tertiary/aromatic N) is 2. The van der Waals surface area contributed by atoms with Crippen LogP contribution in [0.2, 0.25) is 0 Å². The number of hydrogen-bond donors (Lipinski definition) is 1. The number of allylic oxidation sites excluding steroid dienone is 3. The summed E-state index contributed by atoms with van der Waals surface area (Å²) in [5.41, 5.74) is 0.306. The van der Waals surface area contributed by atoms with E-state index in [4.69, 9.17) is 5.26 Å². The molecule has 134 valence electrons. The summed E-state index contributed by atoms with van der Waals surface area (Å²) in [4.78, 5) is 2.04. The third-order valence-electron chi connectivity index (χ3n) is 4.01. The fourth-order valence-electron chi connectivity index (χ4n) is 2.54. The summed E-state index contributed by atoms with van der Waals surface area (Å²) >= 11 is 0. The Labute approximate surface area is 150 Å². The lowest BCUT2D eigenvalue weighted by Crippen LogP contribution is -2.29. The van der Waals surface area contributed by atoms with Gasteiger partial charge in [0.05, 0.1) is 11.6 Å². The highest BCUT2D eigenvalue weighted by atomic mass is 19.1. The van der Waals surface area contributed by atoms with E-state index in [0.717, 1.165) is 13.0 Å². The number of hydrogen-bond acceptors (Lipinski definition) is 3. The van der Waals surface area contributed by atoms with Crippen LogP contribution in [0.4, 0.5) is 4.39 Å². The molecular formula is C21H27FN2O. The van der Waals surface area contributed by atoms with Crippen molar-refractivity contribution in [3.8, 4) is 6.07 Å². The van der Waals surface area contributed by atoms with Crippen LogP contribution in [-0.4, -0.2) is 30.6 Å². The molecule has 0 heterocycles. The summed E-state index contributed by atoms with van der Waals surface area (Å²) in [6.07, 6.45) is 6.13. The third-order valence-corrected chi connectivity index (χ3v) is 4.01. The van der Waals surface area contributed by atoms with Gasteiger partial charge in [0.2, 0.25) is 0 Å². The lowest BCUT2D eigenvalue weighted by atomic mass is 9.82. The van der Waals surface area contributed by atoms with Crippen molar-refractivity contribution in [2.24, 2.45) is 0 Å². The lowest BCUT2D eigenvalue weighted by Gasteiger charge is -2.30. The minimum Gasteiger partial charge on any atom is -0.380 e. The maximum absolute atomic E-state index is 13.6. The van der Waals surface area contributed by atoms with Gasteiger partial charge in [-0.25, -0.2) is 4.39 Å². The molecule has 1 aromatic carbocycles. The zero-order valence-electron chi connectivity index (χ0n) is 15.3. The van der Waals surface area contributed by atoms with Crippen LogP contribution in [0.25, 0.3) is 0 Å².